The van der Waals surface area contributed by atoms with E-state index in [1.54, 1.807) is 18.2 Å². The second-order valence-corrected chi connectivity index (χ2v) is 7.39. The highest BCUT2D eigenvalue weighted by Crippen LogP contribution is 2.32. The maximum atomic E-state index is 12.0. The van der Waals surface area contributed by atoms with Crippen LogP contribution in [0.3, 0.4) is 0 Å². The lowest BCUT2D eigenvalue weighted by Crippen LogP contribution is -2.35. The fraction of sp³-hybridized carbons (Fsp3) is 0.200. The molecule has 1 aliphatic heterocycles. The summed E-state index contributed by atoms with van der Waals surface area (Å²) < 4.78 is 4.88. The summed E-state index contributed by atoms with van der Waals surface area (Å²) in [4.78, 5) is 17.3. The Kier molecular flexibility index (Phi) is 5.41. The molecule has 0 aromatic heterocycles. The maximum Gasteiger partial charge on any atom is 0.338 e. The Morgan fingerprint density at radius 3 is 2.74 bits per heavy atom. The number of guanidine groups is 1. The van der Waals surface area contributed by atoms with Crippen molar-refractivity contribution in [2.45, 2.75) is 24.1 Å². The summed E-state index contributed by atoms with van der Waals surface area (Å²) in [5, 5.41) is 12.5. The van der Waals surface area contributed by atoms with Crippen LogP contribution in [0, 0.1) is 13.8 Å². The van der Waals surface area contributed by atoms with E-state index in [9.17, 15) is 9.90 Å². The van der Waals surface area contributed by atoms with Gasteiger partial charge in [0.2, 0.25) is 0 Å². The van der Waals surface area contributed by atoms with Gasteiger partial charge in [-0.2, -0.15) is 0 Å². The van der Waals surface area contributed by atoms with Gasteiger partial charge in [0.25, 0.3) is 0 Å². The Balaban J connectivity index is 1.96. The second kappa shape index (κ2) is 7.75. The third kappa shape index (κ3) is 4.25. The fourth-order valence-electron chi connectivity index (χ4n) is 2.91. The van der Waals surface area contributed by atoms with Gasteiger partial charge in [-0.25, -0.2) is 9.79 Å². The van der Waals surface area contributed by atoms with Gasteiger partial charge in [0.1, 0.15) is 11.1 Å². The van der Waals surface area contributed by atoms with Crippen molar-refractivity contribution in [3.8, 4) is 5.75 Å². The van der Waals surface area contributed by atoms with Crippen LogP contribution in [0.2, 0.25) is 0 Å². The van der Waals surface area contributed by atoms with Crippen LogP contribution in [0.25, 0.3) is 5.70 Å². The molecule has 0 saturated carbocycles. The Hall–Kier alpha value is -2.93. The number of nitrogens with zero attached hydrogens (tertiary/aromatic N) is 1. The number of benzene rings is 2. The van der Waals surface area contributed by atoms with Crippen molar-refractivity contribution >= 4 is 29.4 Å². The molecule has 0 bridgehead atoms. The monoisotopic (exact) mass is 383 g/mol. The number of carbonyl (C=O) groups is 1. The van der Waals surface area contributed by atoms with Gasteiger partial charge in [-0.3, -0.25) is 0 Å². The van der Waals surface area contributed by atoms with Crippen LogP contribution in [-0.2, 0) is 4.74 Å². The van der Waals surface area contributed by atoms with E-state index < -0.39 is 0 Å². The molecule has 27 heavy (non-hydrogen) atoms. The van der Waals surface area contributed by atoms with Crippen molar-refractivity contribution in [2.75, 3.05) is 7.11 Å². The maximum absolute atomic E-state index is 12.0. The van der Waals surface area contributed by atoms with Crippen LogP contribution in [0.15, 0.2) is 52.4 Å². The third-order valence-electron chi connectivity index (χ3n) is 4.18. The number of aryl methyl sites for hydroxylation is 2. The molecule has 0 radical (unpaired) electrons. The smallest absolute Gasteiger partial charge is 0.338 e. The van der Waals surface area contributed by atoms with E-state index in [0.717, 1.165) is 27.3 Å². The Morgan fingerprint density at radius 2 is 2.04 bits per heavy atom. The number of hydrogen-bond donors (Lipinski definition) is 3. The molecular formula is C20H21N3O3S. The first-order valence-corrected chi connectivity index (χ1v) is 9.23. The molecule has 0 aliphatic carbocycles. The number of phenols is 1. The number of hydrogen-bond acceptors (Lipinski definition) is 7. The zero-order chi connectivity index (χ0) is 19.6. The SMILES string of the molecule is COC(=O)c1cc(C2=CC(Sc3cccc(O)c3)N=C(N)N2)c(C)cc1C. The molecule has 4 N–H and O–H groups in total. The molecule has 2 aromatic rings. The van der Waals surface area contributed by atoms with Gasteiger partial charge in [0, 0.05) is 16.2 Å². The molecule has 1 atom stereocenters. The van der Waals surface area contributed by atoms with E-state index in [0.29, 0.717) is 11.5 Å². The average molecular weight is 383 g/mol. The number of carbonyl (C=O) groups excluding carboxylic acids is 1. The Bertz CT molecular complexity index is 953. The van der Waals surface area contributed by atoms with Crippen molar-refractivity contribution in [1.29, 1.82) is 0 Å². The zero-order valence-electron chi connectivity index (χ0n) is 15.3. The number of phenolic OH excluding ortho intramolecular Hbond substituents is 1. The first-order valence-electron chi connectivity index (χ1n) is 8.35. The van der Waals surface area contributed by atoms with Gasteiger partial charge in [0.15, 0.2) is 5.96 Å². The van der Waals surface area contributed by atoms with Crippen molar-refractivity contribution in [2.24, 2.45) is 10.7 Å². The van der Waals surface area contributed by atoms with Gasteiger partial charge in [-0.05, 0) is 55.3 Å². The number of nitrogens with one attached hydrogen (secondary N) is 1. The summed E-state index contributed by atoms with van der Waals surface area (Å²) >= 11 is 1.47. The standard InChI is InChI=1S/C20H21N3O3S/c1-11-7-12(2)16(19(25)26-3)9-15(11)17-10-18(23-20(21)22-17)27-14-6-4-5-13(24)8-14/h4-10,18,24H,1-3H3,(H3,21,22,23). The number of methoxy groups -OCH3 is 1. The minimum absolute atomic E-state index is 0.201. The summed E-state index contributed by atoms with van der Waals surface area (Å²) in [5.41, 5.74) is 10.0. The molecule has 0 amide bonds. The highest BCUT2D eigenvalue weighted by atomic mass is 32.2. The van der Waals surface area contributed by atoms with Crippen molar-refractivity contribution in [1.82, 2.24) is 5.32 Å². The van der Waals surface area contributed by atoms with Crippen LogP contribution in [0.1, 0.15) is 27.0 Å². The number of esters is 1. The number of nitrogens with two attached hydrogens (primary N) is 1. The Morgan fingerprint density at radius 1 is 1.26 bits per heavy atom. The predicted molar refractivity (Wildman–Crippen MR) is 108 cm³/mol. The van der Waals surface area contributed by atoms with Crippen molar-refractivity contribution < 1.29 is 14.6 Å². The lowest BCUT2D eigenvalue weighted by atomic mass is 9.97. The van der Waals surface area contributed by atoms with Crippen LogP contribution in [0.4, 0.5) is 0 Å². The molecule has 2 aromatic carbocycles. The van der Waals surface area contributed by atoms with Crippen LogP contribution < -0.4 is 11.1 Å². The summed E-state index contributed by atoms with van der Waals surface area (Å²) in [7, 11) is 1.37. The summed E-state index contributed by atoms with van der Waals surface area (Å²) in [5.74, 6) is 0.120. The molecule has 1 aliphatic rings. The largest absolute Gasteiger partial charge is 0.508 e. The molecule has 7 heteroatoms. The zero-order valence-corrected chi connectivity index (χ0v) is 16.1. The van der Waals surface area contributed by atoms with Gasteiger partial charge in [-0.15, -0.1) is 0 Å². The minimum Gasteiger partial charge on any atom is -0.508 e. The highest BCUT2D eigenvalue weighted by molar-refractivity contribution is 8.00. The summed E-state index contributed by atoms with van der Waals surface area (Å²) in [6.45, 7) is 3.85. The minimum atomic E-state index is -0.377. The molecular weight excluding hydrogens is 362 g/mol. The van der Waals surface area contributed by atoms with Gasteiger partial charge < -0.3 is 20.9 Å². The molecule has 0 saturated heterocycles. The third-order valence-corrected chi connectivity index (χ3v) is 5.19. The highest BCUT2D eigenvalue weighted by Gasteiger charge is 2.20. The summed E-state index contributed by atoms with van der Waals surface area (Å²) in [6, 6.07) is 10.7. The van der Waals surface area contributed by atoms with E-state index in [2.05, 4.69) is 10.3 Å². The Labute approximate surface area is 162 Å². The number of aromatic hydroxyl groups is 1. The van der Waals surface area contributed by atoms with Crippen molar-refractivity contribution in [3.05, 3.63) is 64.7 Å². The van der Waals surface area contributed by atoms with Crippen LogP contribution in [-0.4, -0.2) is 29.5 Å². The molecule has 1 heterocycles. The summed E-state index contributed by atoms with van der Waals surface area (Å²) in [6.07, 6.45) is 1.95. The lowest BCUT2D eigenvalue weighted by Gasteiger charge is -2.22. The van der Waals surface area contributed by atoms with Crippen LogP contribution >= 0.6 is 11.8 Å². The fourth-order valence-corrected chi connectivity index (χ4v) is 3.91. The number of ether oxygens (including phenoxy) is 1. The van der Waals surface area contributed by atoms with E-state index in [4.69, 9.17) is 10.5 Å². The number of aliphatic imine (C=N–C) groups is 1. The number of thioether (sulfide) groups is 1. The van der Waals surface area contributed by atoms with E-state index in [1.165, 1.54) is 18.9 Å². The first-order chi connectivity index (χ1) is 12.9. The molecule has 0 fully saturated rings. The van der Waals surface area contributed by atoms with Crippen LogP contribution in [0.5, 0.6) is 5.75 Å². The second-order valence-electron chi connectivity index (χ2n) is 6.20. The molecule has 6 nitrogen and oxygen atoms in total. The van der Waals surface area contributed by atoms with Gasteiger partial charge in [-0.1, -0.05) is 23.9 Å². The predicted octanol–water partition coefficient (Wildman–Crippen LogP) is 3.17. The molecule has 140 valence electrons. The van der Waals surface area contributed by atoms with E-state index in [-0.39, 0.29) is 17.1 Å². The number of rotatable bonds is 4. The van der Waals surface area contributed by atoms with Gasteiger partial charge in [0.05, 0.1) is 12.7 Å². The van der Waals surface area contributed by atoms with Crippen molar-refractivity contribution in [3.63, 3.8) is 0 Å². The molecule has 1 unspecified atom stereocenters. The molecule has 0 spiro atoms. The average Bonchev–Trinajstić information content (AvgIpc) is 2.60. The van der Waals surface area contributed by atoms with Gasteiger partial charge >= 0.3 is 5.97 Å². The topological polar surface area (TPSA) is 96.9 Å². The molecule has 3 rings (SSSR count). The normalized spacial score (nSPS) is 16.2. The quantitative estimate of drug-likeness (QED) is 0.702. The van der Waals surface area contributed by atoms with E-state index in [1.807, 2.05) is 38.1 Å². The lowest BCUT2D eigenvalue weighted by molar-refractivity contribution is 0.0600. The van der Waals surface area contributed by atoms with E-state index >= 15 is 0 Å². The first kappa shape index (κ1) is 18.8.